The summed E-state index contributed by atoms with van der Waals surface area (Å²) in [7, 11) is 0. The molecule has 8 aromatic rings. The molecule has 1 atom stereocenters. The summed E-state index contributed by atoms with van der Waals surface area (Å²) in [4.78, 5) is 2.41. The highest BCUT2D eigenvalue weighted by molar-refractivity contribution is 6.00. The number of rotatable bonds is 6. The number of hydrogen-bond donors (Lipinski definition) is 0. The van der Waals surface area contributed by atoms with Crippen molar-refractivity contribution in [3.63, 3.8) is 0 Å². The van der Waals surface area contributed by atoms with E-state index in [2.05, 4.69) is 232 Å². The van der Waals surface area contributed by atoms with E-state index in [-0.39, 0.29) is 5.41 Å². The predicted octanol–water partition coefficient (Wildman–Crippen LogP) is 15.6. The average Bonchev–Trinajstić information content (AvgIpc) is 3.84. The second-order valence-electron chi connectivity index (χ2n) is 16.8. The van der Waals surface area contributed by atoms with E-state index in [0.717, 1.165) is 17.1 Å². The molecule has 3 aliphatic rings. The van der Waals surface area contributed by atoms with E-state index < -0.39 is 5.41 Å². The molecule has 8 aromatic carbocycles. The first-order valence-corrected chi connectivity index (χ1v) is 21.1. The fraction of sp³-hybridized carbons (Fsp3) is 0.0847. The summed E-state index contributed by atoms with van der Waals surface area (Å²) in [5.74, 6) is 0. The SMILES string of the molecule is C=C/C=C1\C(=C/C)c2ccccc2C12c1ccccc1-c1cc(-c3ccc(N(c4ccc(-c5ccccc5)cc4)c4ccc5c(c4)C(C)(C)c4ccccc4-5)cc3)ccc12. The first-order valence-electron chi connectivity index (χ1n) is 21.1. The van der Waals surface area contributed by atoms with Crippen LogP contribution in [-0.2, 0) is 10.8 Å². The van der Waals surface area contributed by atoms with Gasteiger partial charge in [0.05, 0.1) is 5.41 Å². The zero-order valence-corrected chi connectivity index (χ0v) is 34.3. The summed E-state index contributed by atoms with van der Waals surface area (Å²) < 4.78 is 0. The Morgan fingerprint density at radius 3 is 1.55 bits per heavy atom. The van der Waals surface area contributed by atoms with Gasteiger partial charge in [-0.2, -0.15) is 0 Å². The topological polar surface area (TPSA) is 3.24 Å². The van der Waals surface area contributed by atoms with E-state index in [9.17, 15) is 0 Å². The highest BCUT2D eigenvalue weighted by Gasteiger charge is 2.53. The number of fused-ring (bicyclic) bond motifs is 10. The van der Waals surface area contributed by atoms with E-state index in [1.165, 1.54) is 89.0 Å². The predicted molar refractivity (Wildman–Crippen MR) is 253 cm³/mol. The van der Waals surface area contributed by atoms with E-state index in [4.69, 9.17) is 0 Å². The molecule has 11 rings (SSSR count). The van der Waals surface area contributed by atoms with Crippen molar-refractivity contribution in [2.45, 2.75) is 31.6 Å². The van der Waals surface area contributed by atoms with Crippen LogP contribution in [0.2, 0.25) is 0 Å². The van der Waals surface area contributed by atoms with Crippen LogP contribution >= 0.6 is 0 Å². The van der Waals surface area contributed by atoms with Gasteiger partial charge in [0.25, 0.3) is 0 Å². The van der Waals surface area contributed by atoms with Crippen molar-refractivity contribution in [3.05, 3.63) is 252 Å². The lowest BCUT2D eigenvalue weighted by atomic mass is 9.70. The van der Waals surface area contributed by atoms with Gasteiger partial charge in [0.2, 0.25) is 0 Å². The summed E-state index contributed by atoms with van der Waals surface area (Å²) in [5, 5.41) is 0. The van der Waals surface area contributed by atoms with Gasteiger partial charge in [-0.3, -0.25) is 0 Å². The minimum atomic E-state index is -0.400. The van der Waals surface area contributed by atoms with Gasteiger partial charge in [-0.25, -0.2) is 0 Å². The molecule has 1 unspecified atom stereocenters. The van der Waals surface area contributed by atoms with Crippen molar-refractivity contribution in [3.8, 4) is 44.5 Å². The Labute approximate surface area is 354 Å². The molecular formula is C59H45N. The Balaban J connectivity index is 1.02. The fourth-order valence-corrected chi connectivity index (χ4v) is 10.7. The summed E-state index contributed by atoms with van der Waals surface area (Å²) in [5.41, 5.74) is 23.5. The third-order valence-electron chi connectivity index (χ3n) is 13.5. The monoisotopic (exact) mass is 767 g/mol. The van der Waals surface area contributed by atoms with Gasteiger partial charge in [-0.1, -0.05) is 184 Å². The second-order valence-corrected chi connectivity index (χ2v) is 16.8. The van der Waals surface area contributed by atoms with Gasteiger partial charge in [-0.15, -0.1) is 0 Å². The Kier molecular flexibility index (Phi) is 8.19. The van der Waals surface area contributed by atoms with Crippen LogP contribution in [-0.4, -0.2) is 0 Å². The Bertz CT molecular complexity index is 3070. The summed E-state index contributed by atoms with van der Waals surface area (Å²) >= 11 is 0. The lowest BCUT2D eigenvalue weighted by Gasteiger charge is -2.31. The first kappa shape index (κ1) is 35.9. The van der Waals surface area contributed by atoms with Crippen LogP contribution < -0.4 is 4.90 Å². The van der Waals surface area contributed by atoms with Crippen molar-refractivity contribution >= 4 is 22.6 Å². The molecule has 60 heavy (non-hydrogen) atoms. The number of hydrogen-bond acceptors (Lipinski definition) is 1. The van der Waals surface area contributed by atoms with Crippen LogP contribution in [0.5, 0.6) is 0 Å². The lowest BCUT2D eigenvalue weighted by molar-refractivity contribution is 0.660. The molecule has 0 saturated carbocycles. The quantitative estimate of drug-likeness (QED) is 0.163. The zero-order valence-electron chi connectivity index (χ0n) is 34.3. The molecule has 1 nitrogen and oxygen atoms in total. The minimum Gasteiger partial charge on any atom is -0.310 e. The molecular weight excluding hydrogens is 723 g/mol. The maximum absolute atomic E-state index is 4.17. The molecule has 0 fully saturated rings. The van der Waals surface area contributed by atoms with Crippen LogP contribution in [0.25, 0.3) is 50.1 Å². The Morgan fingerprint density at radius 1 is 0.417 bits per heavy atom. The van der Waals surface area contributed by atoms with Crippen molar-refractivity contribution in [1.29, 1.82) is 0 Å². The van der Waals surface area contributed by atoms with Crippen LogP contribution in [0.15, 0.2) is 218 Å². The van der Waals surface area contributed by atoms with Crippen molar-refractivity contribution in [2.75, 3.05) is 4.90 Å². The first-order chi connectivity index (χ1) is 29.4. The number of benzene rings is 8. The molecule has 286 valence electrons. The average molecular weight is 768 g/mol. The molecule has 0 saturated heterocycles. The van der Waals surface area contributed by atoms with Gasteiger partial charge in [0.15, 0.2) is 0 Å². The van der Waals surface area contributed by atoms with Gasteiger partial charge in [0.1, 0.15) is 0 Å². The van der Waals surface area contributed by atoms with Gasteiger partial charge in [0, 0.05) is 22.5 Å². The van der Waals surface area contributed by atoms with Gasteiger partial charge in [-0.05, 0) is 138 Å². The number of nitrogens with zero attached hydrogens (tertiary/aromatic N) is 1. The molecule has 1 heteroatoms. The molecule has 0 radical (unpaired) electrons. The number of allylic oxidation sites excluding steroid dienone is 5. The fourth-order valence-electron chi connectivity index (χ4n) is 10.7. The molecule has 0 bridgehead atoms. The molecule has 1 spiro atoms. The molecule has 3 aliphatic carbocycles. The molecule has 0 N–H and O–H groups in total. The van der Waals surface area contributed by atoms with Crippen LogP contribution in [0.1, 0.15) is 54.2 Å². The standard InChI is InChI=1S/C59H45N/c1-5-16-53-46(6-2)47-19-11-14-23-54(47)59(53)55-24-15-12-21-49(55)51-37-42(29-36-56(51)59)41-27-32-44(33-28-41)60(43-30-25-40(26-31-43)39-17-8-7-9-18-39)45-34-35-50-48-20-10-13-22-52(48)58(3,4)57(50)38-45/h5-38H,1H2,2-4H3/b46-6-,53-16+. The Hall–Kier alpha value is -7.22. The van der Waals surface area contributed by atoms with E-state index in [1.807, 2.05) is 6.08 Å². The zero-order chi connectivity index (χ0) is 40.6. The minimum absolute atomic E-state index is 0.101. The molecule has 0 aromatic heterocycles. The summed E-state index contributed by atoms with van der Waals surface area (Å²) in [6.07, 6.45) is 6.45. The van der Waals surface area contributed by atoms with Crippen molar-refractivity contribution in [1.82, 2.24) is 0 Å². The molecule has 0 heterocycles. The third kappa shape index (κ3) is 5.12. The van der Waals surface area contributed by atoms with Crippen LogP contribution in [0.3, 0.4) is 0 Å². The van der Waals surface area contributed by atoms with E-state index in [0.29, 0.717) is 0 Å². The normalized spacial score (nSPS) is 17.6. The summed E-state index contributed by atoms with van der Waals surface area (Å²) in [6, 6.07) is 69.7. The van der Waals surface area contributed by atoms with Crippen LogP contribution in [0.4, 0.5) is 17.1 Å². The van der Waals surface area contributed by atoms with E-state index >= 15 is 0 Å². The number of anilines is 3. The Morgan fingerprint density at radius 2 is 0.900 bits per heavy atom. The largest absolute Gasteiger partial charge is 0.310 e. The maximum Gasteiger partial charge on any atom is 0.0725 e. The molecule has 0 amide bonds. The smallest absolute Gasteiger partial charge is 0.0725 e. The molecule has 0 aliphatic heterocycles. The van der Waals surface area contributed by atoms with E-state index in [1.54, 1.807) is 0 Å². The highest BCUT2D eigenvalue weighted by atomic mass is 15.1. The van der Waals surface area contributed by atoms with Gasteiger partial charge < -0.3 is 4.90 Å². The summed E-state index contributed by atoms with van der Waals surface area (Å²) in [6.45, 7) is 11.0. The second kappa shape index (κ2) is 13.7. The maximum atomic E-state index is 4.17. The highest BCUT2D eigenvalue weighted by Crippen LogP contribution is 2.64. The van der Waals surface area contributed by atoms with Crippen molar-refractivity contribution < 1.29 is 0 Å². The van der Waals surface area contributed by atoms with Crippen LogP contribution in [0, 0.1) is 0 Å². The lowest BCUT2D eigenvalue weighted by Crippen LogP contribution is -2.26. The van der Waals surface area contributed by atoms with Gasteiger partial charge >= 0.3 is 0 Å². The van der Waals surface area contributed by atoms with Crippen molar-refractivity contribution in [2.24, 2.45) is 0 Å². The third-order valence-corrected chi connectivity index (χ3v) is 13.5.